The van der Waals surface area contributed by atoms with E-state index in [1.54, 1.807) is 0 Å². The first-order valence-electron chi connectivity index (χ1n) is 5.44. The lowest BCUT2D eigenvalue weighted by Gasteiger charge is -2.31. The van der Waals surface area contributed by atoms with E-state index in [4.69, 9.17) is 9.26 Å². The molecule has 7 heteroatoms. The molecule has 0 unspecified atom stereocenters. The van der Waals surface area contributed by atoms with E-state index in [-0.39, 0.29) is 11.7 Å². The smallest absolute Gasteiger partial charge is 0.304 e. The summed E-state index contributed by atoms with van der Waals surface area (Å²) in [6, 6.07) is 1.46. The molecule has 2 heterocycles. The van der Waals surface area contributed by atoms with Crippen LogP contribution in [0.1, 0.15) is 10.6 Å². The van der Waals surface area contributed by atoms with Gasteiger partial charge in [-0.2, -0.15) is 0 Å². The van der Waals surface area contributed by atoms with Gasteiger partial charge in [0.1, 0.15) is 0 Å². The van der Waals surface area contributed by atoms with Crippen molar-refractivity contribution in [1.82, 2.24) is 20.5 Å². The van der Waals surface area contributed by atoms with Crippen LogP contribution >= 0.6 is 0 Å². The predicted octanol–water partition coefficient (Wildman–Crippen LogP) is -0.425. The molecule has 0 atom stereocenters. The largest absolute Gasteiger partial charge is 0.479 e. The number of amides is 1. The Balaban J connectivity index is 1.88. The first-order valence-corrected chi connectivity index (χ1v) is 5.44. The Morgan fingerprint density at radius 1 is 1.47 bits per heavy atom. The van der Waals surface area contributed by atoms with Crippen LogP contribution in [0.15, 0.2) is 10.6 Å². The third-order valence-corrected chi connectivity index (χ3v) is 2.68. The first kappa shape index (κ1) is 11.9. The fraction of sp³-hybridized carbons (Fsp3) is 0.600. The summed E-state index contributed by atoms with van der Waals surface area (Å²) in [7, 11) is 3.53. The van der Waals surface area contributed by atoms with E-state index in [9.17, 15) is 4.79 Å². The fourth-order valence-corrected chi connectivity index (χ4v) is 1.58. The number of piperazine rings is 1. The number of likely N-dealkylation sites (N-methyl/N-ethyl adjacent to an activating group) is 1. The molecule has 1 fully saturated rings. The molecule has 1 aliphatic rings. The molecule has 7 nitrogen and oxygen atoms in total. The van der Waals surface area contributed by atoms with Gasteiger partial charge in [0.2, 0.25) is 5.76 Å². The second-order valence-electron chi connectivity index (χ2n) is 3.96. The molecule has 0 aromatic carbocycles. The van der Waals surface area contributed by atoms with Crippen LogP contribution in [0, 0.1) is 0 Å². The van der Waals surface area contributed by atoms with Gasteiger partial charge < -0.3 is 14.2 Å². The highest BCUT2D eigenvalue weighted by molar-refractivity contribution is 5.91. The van der Waals surface area contributed by atoms with Gasteiger partial charge in [0.25, 0.3) is 5.88 Å². The van der Waals surface area contributed by atoms with E-state index in [1.165, 1.54) is 13.2 Å². The summed E-state index contributed by atoms with van der Waals surface area (Å²) in [6.07, 6.45) is 0. The zero-order valence-electron chi connectivity index (χ0n) is 9.97. The van der Waals surface area contributed by atoms with Crippen molar-refractivity contribution in [3.8, 4) is 5.88 Å². The number of hydrogen-bond acceptors (Lipinski definition) is 6. The van der Waals surface area contributed by atoms with Crippen molar-refractivity contribution in [2.75, 3.05) is 40.3 Å². The lowest BCUT2D eigenvalue weighted by Crippen LogP contribution is -2.52. The van der Waals surface area contributed by atoms with E-state index in [0.29, 0.717) is 5.88 Å². The van der Waals surface area contributed by atoms with E-state index in [2.05, 4.69) is 22.5 Å². The number of hydrazine groups is 1. The van der Waals surface area contributed by atoms with Crippen molar-refractivity contribution in [3.63, 3.8) is 0 Å². The highest BCUT2D eigenvalue weighted by Crippen LogP contribution is 2.10. The van der Waals surface area contributed by atoms with Crippen LogP contribution in [-0.4, -0.2) is 61.3 Å². The number of carbonyl (C=O) groups excluding carboxylic acids is 1. The van der Waals surface area contributed by atoms with E-state index >= 15 is 0 Å². The van der Waals surface area contributed by atoms with Gasteiger partial charge in [-0.1, -0.05) is 0 Å². The first-order chi connectivity index (χ1) is 8.19. The Labute approximate surface area is 99.3 Å². The third kappa shape index (κ3) is 2.95. The normalized spacial score (nSPS) is 18.0. The number of methoxy groups -OCH3 is 1. The molecule has 2 rings (SSSR count). The van der Waals surface area contributed by atoms with Gasteiger partial charge in [0.15, 0.2) is 0 Å². The zero-order chi connectivity index (χ0) is 12.3. The van der Waals surface area contributed by atoms with Crippen molar-refractivity contribution in [1.29, 1.82) is 0 Å². The Kier molecular flexibility index (Phi) is 3.60. The SMILES string of the molecule is COc1cc(C(=O)NN2CCN(C)CC2)on1. The Bertz CT molecular complexity index is 385. The maximum absolute atomic E-state index is 11.8. The van der Waals surface area contributed by atoms with Gasteiger partial charge in [-0.05, 0) is 12.2 Å². The van der Waals surface area contributed by atoms with Crippen molar-refractivity contribution < 1.29 is 14.1 Å². The molecular weight excluding hydrogens is 224 g/mol. The summed E-state index contributed by atoms with van der Waals surface area (Å²) in [5, 5.41) is 5.45. The topological polar surface area (TPSA) is 70.8 Å². The van der Waals surface area contributed by atoms with Gasteiger partial charge in [-0.3, -0.25) is 10.2 Å². The quantitative estimate of drug-likeness (QED) is 0.773. The highest BCUT2D eigenvalue weighted by atomic mass is 16.5. The van der Waals surface area contributed by atoms with Crippen molar-refractivity contribution in [3.05, 3.63) is 11.8 Å². The van der Waals surface area contributed by atoms with E-state index < -0.39 is 0 Å². The summed E-state index contributed by atoms with van der Waals surface area (Å²) in [4.78, 5) is 14.0. The van der Waals surface area contributed by atoms with E-state index in [0.717, 1.165) is 26.2 Å². The monoisotopic (exact) mass is 240 g/mol. The minimum absolute atomic E-state index is 0.153. The van der Waals surface area contributed by atoms with Gasteiger partial charge in [-0.15, -0.1) is 0 Å². The lowest BCUT2D eigenvalue weighted by molar-refractivity contribution is 0.0629. The van der Waals surface area contributed by atoms with Crippen LogP contribution in [0.5, 0.6) is 5.88 Å². The average molecular weight is 240 g/mol. The van der Waals surface area contributed by atoms with Crippen molar-refractivity contribution in [2.45, 2.75) is 0 Å². The summed E-state index contributed by atoms with van der Waals surface area (Å²) in [5.41, 5.74) is 2.77. The summed E-state index contributed by atoms with van der Waals surface area (Å²) < 4.78 is 9.70. The number of nitrogens with zero attached hydrogens (tertiary/aromatic N) is 3. The minimum Gasteiger partial charge on any atom is -0.479 e. The Morgan fingerprint density at radius 2 is 2.18 bits per heavy atom. The second-order valence-corrected chi connectivity index (χ2v) is 3.96. The molecule has 94 valence electrons. The molecule has 1 N–H and O–H groups in total. The van der Waals surface area contributed by atoms with Crippen LogP contribution < -0.4 is 10.2 Å². The number of rotatable bonds is 3. The van der Waals surface area contributed by atoms with Crippen molar-refractivity contribution in [2.24, 2.45) is 0 Å². The molecule has 1 aromatic rings. The molecule has 1 aliphatic heterocycles. The average Bonchev–Trinajstić information content (AvgIpc) is 2.81. The number of aromatic nitrogens is 1. The van der Waals surface area contributed by atoms with Crippen molar-refractivity contribution >= 4 is 5.91 Å². The van der Waals surface area contributed by atoms with Gasteiger partial charge in [-0.25, -0.2) is 5.01 Å². The summed E-state index contributed by atoms with van der Waals surface area (Å²) in [5.74, 6) is 0.152. The fourth-order valence-electron chi connectivity index (χ4n) is 1.58. The maximum atomic E-state index is 11.8. The number of ether oxygens (including phenoxy) is 1. The molecular formula is C10H16N4O3. The molecule has 1 aromatic heterocycles. The van der Waals surface area contributed by atoms with Crippen LogP contribution in [0.3, 0.4) is 0 Å². The van der Waals surface area contributed by atoms with Gasteiger partial charge in [0, 0.05) is 26.2 Å². The zero-order valence-corrected chi connectivity index (χ0v) is 9.97. The van der Waals surface area contributed by atoms with Gasteiger partial charge >= 0.3 is 5.91 Å². The molecule has 0 bridgehead atoms. The molecule has 0 radical (unpaired) electrons. The Morgan fingerprint density at radius 3 is 2.76 bits per heavy atom. The number of carbonyl (C=O) groups is 1. The number of hydrogen-bond donors (Lipinski definition) is 1. The van der Waals surface area contributed by atoms with E-state index in [1.807, 2.05) is 5.01 Å². The van der Waals surface area contributed by atoms with Crippen LogP contribution in [0.25, 0.3) is 0 Å². The second kappa shape index (κ2) is 5.15. The third-order valence-electron chi connectivity index (χ3n) is 2.68. The number of nitrogens with one attached hydrogen (secondary N) is 1. The maximum Gasteiger partial charge on any atom is 0.304 e. The Hall–Kier alpha value is -1.60. The highest BCUT2D eigenvalue weighted by Gasteiger charge is 2.19. The lowest BCUT2D eigenvalue weighted by atomic mass is 10.4. The molecule has 0 saturated carbocycles. The molecule has 0 aliphatic carbocycles. The molecule has 1 amide bonds. The van der Waals surface area contributed by atoms with Crippen LogP contribution in [0.4, 0.5) is 0 Å². The summed E-state index contributed by atoms with van der Waals surface area (Å²) >= 11 is 0. The van der Waals surface area contributed by atoms with Crippen LogP contribution in [-0.2, 0) is 0 Å². The predicted molar refractivity (Wildman–Crippen MR) is 59.6 cm³/mol. The van der Waals surface area contributed by atoms with Gasteiger partial charge in [0.05, 0.1) is 13.2 Å². The minimum atomic E-state index is -0.301. The van der Waals surface area contributed by atoms with Crippen LogP contribution in [0.2, 0.25) is 0 Å². The molecule has 1 saturated heterocycles. The summed E-state index contributed by atoms with van der Waals surface area (Å²) in [6.45, 7) is 3.46. The standard InChI is InChI=1S/C10H16N4O3/c1-13-3-5-14(6-4-13)11-10(15)8-7-9(16-2)12-17-8/h7H,3-6H2,1-2H3,(H,11,15). The molecule has 0 spiro atoms. The molecule has 17 heavy (non-hydrogen) atoms.